The van der Waals surface area contributed by atoms with Crippen molar-refractivity contribution in [3.8, 4) is 0 Å². The Bertz CT molecular complexity index is 1010. The van der Waals surface area contributed by atoms with E-state index in [9.17, 15) is 9.59 Å². The lowest BCUT2D eigenvalue weighted by molar-refractivity contribution is -0.131. The number of hydrogen-bond donors (Lipinski definition) is 0. The molecule has 0 spiro atoms. The minimum Gasteiger partial charge on any atom is -0.342 e. The van der Waals surface area contributed by atoms with Gasteiger partial charge in [-0.3, -0.25) is 9.59 Å². The number of aryl methyl sites for hydroxylation is 1. The predicted molar refractivity (Wildman–Crippen MR) is 102 cm³/mol. The van der Waals surface area contributed by atoms with E-state index in [2.05, 4.69) is 17.7 Å². The van der Waals surface area contributed by atoms with E-state index in [1.165, 1.54) is 9.56 Å². The Balaban J connectivity index is 2.16. The number of likely N-dealkylation sites (N-methyl/N-ethyl adjacent to an activating group) is 1. The molecule has 0 N–H and O–H groups in total. The van der Waals surface area contributed by atoms with E-state index >= 15 is 0 Å². The molecule has 3 aromatic heterocycles. The predicted octanol–water partition coefficient (Wildman–Crippen LogP) is 2.78. The molecule has 0 aliphatic rings. The molecule has 0 saturated carbocycles. The van der Waals surface area contributed by atoms with Gasteiger partial charge < -0.3 is 9.47 Å². The molecule has 0 radical (unpaired) electrons. The largest absolute Gasteiger partial charge is 0.342 e. The highest BCUT2D eigenvalue weighted by Gasteiger charge is 2.19. The van der Waals surface area contributed by atoms with Crippen molar-refractivity contribution in [3.05, 3.63) is 40.1 Å². The highest BCUT2D eigenvalue weighted by molar-refractivity contribution is 7.20. The molecule has 3 rings (SSSR count). The van der Waals surface area contributed by atoms with E-state index in [-0.39, 0.29) is 18.0 Å². The molecule has 0 unspecified atom stereocenters. The van der Waals surface area contributed by atoms with Gasteiger partial charge in [-0.1, -0.05) is 6.08 Å². The summed E-state index contributed by atoms with van der Waals surface area (Å²) >= 11 is 1.65. The van der Waals surface area contributed by atoms with Gasteiger partial charge in [-0.25, -0.2) is 4.68 Å². The summed E-state index contributed by atoms with van der Waals surface area (Å²) < 4.78 is 4.28. The van der Waals surface area contributed by atoms with Gasteiger partial charge in [0.05, 0.1) is 16.4 Å². The van der Waals surface area contributed by atoms with Crippen LogP contribution in [0.5, 0.6) is 0 Å². The fourth-order valence-electron chi connectivity index (χ4n) is 3.16. The van der Waals surface area contributed by atoms with Gasteiger partial charge in [-0.15, -0.1) is 17.9 Å². The van der Waals surface area contributed by atoms with Gasteiger partial charge in [0.2, 0.25) is 5.91 Å². The van der Waals surface area contributed by atoms with Crippen LogP contribution in [-0.2, 0) is 17.9 Å². The minimum absolute atomic E-state index is 0.0393. The van der Waals surface area contributed by atoms with E-state index < -0.39 is 0 Å². The molecule has 6 nitrogen and oxygen atoms in total. The average Bonchev–Trinajstić information content (AvgIpc) is 3.09. The maximum absolute atomic E-state index is 13.0. The molecule has 0 fully saturated rings. The topological polar surface area (TPSA) is 60.1 Å². The number of carbonyl (C=O) groups excluding carboxylic acids is 1. The van der Waals surface area contributed by atoms with Gasteiger partial charge in [-0.05, 0) is 26.8 Å². The van der Waals surface area contributed by atoms with Crippen LogP contribution in [0.25, 0.3) is 21.1 Å². The second-order valence-corrected chi connectivity index (χ2v) is 7.16. The summed E-state index contributed by atoms with van der Waals surface area (Å²) in [7, 11) is 0. The number of amides is 1. The third kappa shape index (κ3) is 2.89. The maximum Gasteiger partial charge on any atom is 0.291 e. The summed E-state index contributed by atoms with van der Waals surface area (Å²) in [5.74, 6) is -0.0987. The van der Waals surface area contributed by atoms with Crippen molar-refractivity contribution < 1.29 is 4.79 Å². The van der Waals surface area contributed by atoms with Crippen molar-refractivity contribution in [2.45, 2.75) is 33.9 Å². The third-order valence-electron chi connectivity index (χ3n) is 4.37. The van der Waals surface area contributed by atoms with Crippen LogP contribution in [0.3, 0.4) is 0 Å². The zero-order valence-electron chi connectivity index (χ0n) is 14.8. The first-order valence-electron chi connectivity index (χ1n) is 8.38. The smallest absolute Gasteiger partial charge is 0.291 e. The molecule has 0 aliphatic carbocycles. The maximum atomic E-state index is 13.0. The van der Waals surface area contributed by atoms with Gasteiger partial charge in [0, 0.05) is 29.9 Å². The van der Waals surface area contributed by atoms with E-state index in [0.29, 0.717) is 25.2 Å². The zero-order chi connectivity index (χ0) is 18.1. The number of aromatic nitrogens is 3. The molecule has 3 heterocycles. The molecule has 25 heavy (non-hydrogen) atoms. The molecule has 0 bridgehead atoms. The Labute approximate surface area is 150 Å². The van der Waals surface area contributed by atoms with Crippen LogP contribution >= 0.6 is 11.3 Å². The highest BCUT2D eigenvalue weighted by atomic mass is 32.1. The molecule has 0 aromatic carbocycles. The van der Waals surface area contributed by atoms with E-state index in [4.69, 9.17) is 0 Å². The summed E-state index contributed by atoms with van der Waals surface area (Å²) in [6, 6.07) is 2.08. The van der Waals surface area contributed by atoms with Crippen molar-refractivity contribution in [2.75, 3.05) is 13.1 Å². The Morgan fingerprint density at radius 1 is 1.40 bits per heavy atom. The monoisotopic (exact) mass is 358 g/mol. The number of carbonyl (C=O) groups is 1. The zero-order valence-corrected chi connectivity index (χ0v) is 15.6. The van der Waals surface area contributed by atoms with E-state index in [1.807, 2.05) is 25.3 Å². The van der Waals surface area contributed by atoms with Crippen LogP contribution in [0.4, 0.5) is 0 Å². The van der Waals surface area contributed by atoms with Crippen LogP contribution in [0, 0.1) is 6.92 Å². The van der Waals surface area contributed by atoms with Gasteiger partial charge in [-0.2, -0.15) is 5.10 Å². The number of thiophene rings is 1. The fraction of sp³-hybridized carbons (Fsp3) is 0.389. The lowest BCUT2D eigenvalue weighted by atomic mass is 10.3. The number of allylic oxidation sites excluding steroid dienone is 1. The fourth-order valence-corrected chi connectivity index (χ4v) is 4.18. The molecule has 0 aliphatic heterocycles. The summed E-state index contributed by atoms with van der Waals surface area (Å²) in [6.07, 6.45) is 3.47. The Morgan fingerprint density at radius 3 is 2.76 bits per heavy atom. The third-order valence-corrected chi connectivity index (χ3v) is 5.45. The molecule has 3 aromatic rings. The lowest BCUT2D eigenvalue weighted by Gasteiger charge is -2.18. The van der Waals surface area contributed by atoms with Crippen molar-refractivity contribution in [3.63, 3.8) is 0 Å². The molecule has 132 valence electrons. The average molecular weight is 358 g/mol. The molecule has 1 amide bonds. The van der Waals surface area contributed by atoms with E-state index in [0.717, 1.165) is 15.6 Å². The van der Waals surface area contributed by atoms with Crippen LogP contribution < -0.4 is 5.56 Å². The number of nitrogens with zero attached hydrogens (tertiary/aromatic N) is 4. The Morgan fingerprint density at radius 2 is 2.12 bits per heavy atom. The quantitative estimate of drug-likeness (QED) is 0.637. The minimum atomic E-state index is -0.235. The number of fused-ring (bicyclic) bond motifs is 3. The highest BCUT2D eigenvalue weighted by Crippen LogP contribution is 2.33. The number of rotatable bonds is 6. The van der Waals surface area contributed by atoms with Crippen molar-refractivity contribution >= 4 is 38.4 Å². The van der Waals surface area contributed by atoms with Crippen molar-refractivity contribution in [1.82, 2.24) is 19.2 Å². The normalized spacial score (nSPS) is 11.3. The van der Waals surface area contributed by atoms with Gasteiger partial charge in [0.1, 0.15) is 12.1 Å². The first-order chi connectivity index (χ1) is 12.0. The first kappa shape index (κ1) is 17.4. The standard InChI is InChI=1S/C18H22N4O2S/c1-5-8-21-14-9-12(4)25-17(14)13-10-19-22(18(24)16(13)21)11-15(23)20(6-2)7-3/h5,9-10H,1,6-8,11H2,2-4H3. The van der Waals surface area contributed by atoms with Crippen LogP contribution in [0.2, 0.25) is 0 Å². The molecular formula is C18H22N4O2S. The van der Waals surface area contributed by atoms with Crippen molar-refractivity contribution in [2.24, 2.45) is 0 Å². The van der Waals surface area contributed by atoms with Gasteiger partial charge in [0.15, 0.2) is 0 Å². The van der Waals surface area contributed by atoms with Crippen LogP contribution in [0.1, 0.15) is 18.7 Å². The van der Waals surface area contributed by atoms with Crippen LogP contribution in [-0.4, -0.2) is 38.2 Å². The van der Waals surface area contributed by atoms with Gasteiger partial charge in [0.25, 0.3) is 5.56 Å². The lowest BCUT2D eigenvalue weighted by Crippen LogP contribution is -2.37. The summed E-state index contributed by atoms with van der Waals surface area (Å²) in [6.45, 7) is 11.4. The second kappa shape index (κ2) is 6.84. The first-order valence-corrected chi connectivity index (χ1v) is 9.20. The molecular weight excluding hydrogens is 336 g/mol. The Hall–Kier alpha value is -2.41. The SMILES string of the molecule is C=CCn1c2cc(C)sc2c2cnn(CC(=O)N(CC)CC)c(=O)c21. The second-order valence-electron chi connectivity index (χ2n) is 5.91. The van der Waals surface area contributed by atoms with E-state index in [1.54, 1.807) is 28.5 Å². The molecule has 0 saturated heterocycles. The van der Waals surface area contributed by atoms with Crippen molar-refractivity contribution in [1.29, 1.82) is 0 Å². The summed E-state index contributed by atoms with van der Waals surface area (Å²) in [5.41, 5.74) is 1.37. The molecule has 7 heteroatoms. The molecule has 0 atom stereocenters. The van der Waals surface area contributed by atoms with Gasteiger partial charge >= 0.3 is 0 Å². The summed E-state index contributed by atoms with van der Waals surface area (Å²) in [4.78, 5) is 28.2. The van der Waals surface area contributed by atoms with Crippen LogP contribution in [0.15, 0.2) is 29.7 Å². The number of hydrogen-bond acceptors (Lipinski definition) is 4. The summed E-state index contributed by atoms with van der Waals surface area (Å²) in [5, 5.41) is 5.09. The Kier molecular flexibility index (Phi) is 4.76.